The molecule has 1 aromatic heterocycles. The standard InChI is InChI=1S/C13H9ClF3N3O2/c14-7-1-11(21)8(15)2-9(7)19-12(22)6-4-18-20-5-13(16,17)3-10(6)20/h1-2,4,21H,3,5H2,(H,19,22). The number of benzene rings is 1. The molecule has 0 fully saturated rings. The fourth-order valence-electron chi connectivity index (χ4n) is 2.26. The topological polar surface area (TPSA) is 67.2 Å². The van der Waals surface area contributed by atoms with E-state index in [0.717, 1.165) is 16.8 Å². The van der Waals surface area contributed by atoms with E-state index in [1.54, 1.807) is 0 Å². The maximum Gasteiger partial charge on any atom is 0.272 e. The molecule has 0 bridgehead atoms. The highest BCUT2D eigenvalue weighted by Gasteiger charge is 2.40. The minimum Gasteiger partial charge on any atom is -0.505 e. The van der Waals surface area contributed by atoms with Gasteiger partial charge in [-0.05, 0) is 0 Å². The smallest absolute Gasteiger partial charge is 0.272 e. The van der Waals surface area contributed by atoms with Gasteiger partial charge in [-0.2, -0.15) is 5.10 Å². The lowest BCUT2D eigenvalue weighted by molar-refractivity contribution is 0.000940. The Bertz CT molecular complexity index is 776. The first kappa shape index (κ1) is 14.7. The monoisotopic (exact) mass is 331 g/mol. The van der Waals surface area contributed by atoms with E-state index in [2.05, 4.69) is 10.4 Å². The minimum absolute atomic E-state index is 0.0262. The Kier molecular flexibility index (Phi) is 3.28. The number of alkyl halides is 2. The summed E-state index contributed by atoms with van der Waals surface area (Å²) >= 11 is 5.79. The first-order valence-electron chi connectivity index (χ1n) is 6.19. The summed E-state index contributed by atoms with van der Waals surface area (Å²) in [5, 5.41) is 15.1. The number of anilines is 1. The zero-order valence-corrected chi connectivity index (χ0v) is 11.7. The van der Waals surface area contributed by atoms with Gasteiger partial charge in [0.25, 0.3) is 11.8 Å². The van der Waals surface area contributed by atoms with Crippen molar-refractivity contribution in [2.24, 2.45) is 0 Å². The summed E-state index contributed by atoms with van der Waals surface area (Å²) in [7, 11) is 0. The highest BCUT2D eigenvalue weighted by molar-refractivity contribution is 6.34. The molecule has 3 rings (SSSR count). The molecule has 22 heavy (non-hydrogen) atoms. The van der Waals surface area contributed by atoms with Crippen LogP contribution < -0.4 is 5.32 Å². The van der Waals surface area contributed by atoms with Gasteiger partial charge in [-0.1, -0.05) is 11.6 Å². The van der Waals surface area contributed by atoms with Crippen LogP contribution in [0.25, 0.3) is 0 Å². The second-order valence-corrected chi connectivity index (χ2v) is 5.34. The van der Waals surface area contributed by atoms with Crippen LogP contribution in [-0.2, 0) is 13.0 Å². The van der Waals surface area contributed by atoms with E-state index in [4.69, 9.17) is 16.7 Å². The Morgan fingerprint density at radius 2 is 2.18 bits per heavy atom. The number of halogens is 4. The summed E-state index contributed by atoms with van der Waals surface area (Å²) in [5.41, 5.74) is 0.00581. The van der Waals surface area contributed by atoms with Crippen LogP contribution in [-0.4, -0.2) is 26.7 Å². The third kappa shape index (κ3) is 2.50. The molecule has 5 nitrogen and oxygen atoms in total. The van der Waals surface area contributed by atoms with Crippen molar-refractivity contribution in [3.05, 3.63) is 40.4 Å². The predicted octanol–water partition coefficient (Wildman–Crippen LogP) is 2.82. The zero-order valence-electron chi connectivity index (χ0n) is 10.9. The normalized spacial score (nSPS) is 15.6. The first-order chi connectivity index (χ1) is 10.3. The van der Waals surface area contributed by atoms with Gasteiger partial charge in [0.2, 0.25) is 0 Å². The van der Waals surface area contributed by atoms with Gasteiger partial charge in [0.1, 0.15) is 6.54 Å². The van der Waals surface area contributed by atoms with Crippen molar-refractivity contribution in [3.8, 4) is 5.75 Å². The Morgan fingerprint density at radius 1 is 1.45 bits per heavy atom. The number of rotatable bonds is 2. The van der Waals surface area contributed by atoms with Gasteiger partial charge in [0.05, 0.1) is 34.6 Å². The summed E-state index contributed by atoms with van der Waals surface area (Å²) in [4.78, 5) is 12.1. The van der Waals surface area contributed by atoms with Crippen LogP contribution in [0.5, 0.6) is 5.75 Å². The number of phenolic OH excluding ortho intramolecular Hbond substituents is 1. The molecule has 2 N–H and O–H groups in total. The lowest BCUT2D eigenvalue weighted by Gasteiger charge is -2.08. The van der Waals surface area contributed by atoms with E-state index < -0.39 is 36.4 Å². The van der Waals surface area contributed by atoms with Crippen molar-refractivity contribution in [1.29, 1.82) is 0 Å². The van der Waals surface area contributed by atoms with E-state index in [1.807, 2.05) is 0 Å². The molecule has 1 aliphatic heterocycles. The van der Waals surface area contributed by atoms with E-state index >= 15 is 0 Å². The van der Waals surface area contributed by atoms with Crippen LogP contribution in [0.4, 0.5) is 18.9 Å². The Labute approximate surface area is 127 Å². The largest absolute Gasteiger partial charge is 0.505 e. The molecule has 9 heteroatoms. The quantitative estimate of drug-likeness (QED) is 0.832. The number of aromatic nitrogens is 2. The molecule has 0 saturated heterocycles. The van der Waals surface area contributed by atoms with Crippen molar-refractivity contribution in [2.75, 3.05) is 5.32 Å². The number of amides is 1. The summed E-state index contributed by atoms with van der Waals surface area (Å²) in [5.74, 6) is -5.30. The molecule has 0 aliphatic carbocycles. The van der Waals surface area contributed by atoms with Crippen LogP contribution in [0.15, 0.2) is 18.3 Å². The molecule has 0 unspecified atom stereocenters. The summed E-state index contributed by atoms with van der Waals surface area (Å²) < 4.78 is 41.0. The van der Waals surface area contributed by atoms with Crippen molar-refractivity contribution < 1.29 is 23.1 Å². The SMILES string of the molecule is O=C(Nc1cc(F)c(O)cc1Cl)c1cnn2c1CC(F)(F)C2. The molecule has 1 amide bonds. The molecule has 2 aromatic rings. The van der Waals surface area contributed by atoms with Crippen molar-refractivity contribution >= 4 is 23.2 Å². The number of nitrogens with zero attached hydrogens (tertiary/aromatic N) is 2. The van der Waals surface area contributed by atoms with Gasteiger partial charge >= 0.3 is 0 Å². The van der Waals surface area contributed by atoms with Gasteiger partial charge in [0.15, 0.2) is 11.6 Å². The fraction of sp³-hybridized carbons (Fsp3) is 0.231. The average Bonchev–Trinajstić information content (AvgIpc) is 2.90. The second kappa shape index (κ2) is 4.91. The molecular weight excluding hydrogens is 323 g/mol. The number of hydrogen-bond donors (Lipinski definition) is 2. The van der Waals surface area contributed by atoms with Crippen LogP contribution >= 0.6 is 11.6 Å². The lowest BCUT2D eigenvalue weighted by Crippen LogP contribution is -2.18. The molecule has 2 heterocycles. The van der Waals surface area contributed by atoms with E-state index in [9.17, 15) is 18.0 Å². The van der Waals surface area contributed by atoms with Gasteiger partial charge < -0.3 is 10.4 Å². The molecule has 0 spiro atoms. The fourth-order valence-corrected chi connectivity index (χ4v) is 2.47. The van der Waals surface area contributed by atoms with Crippen molar-refractivity contribution in [1.82, 2.24) is 9.78 Å². The van der Waals surface area contributed by atoms with E-state index in [0.29, 0.717) is 0 Å². The van der Waals surface area contributed by atoms with Gasteiger partial charge in [-0.25, -0.2) is 13.2 Å². The van der Waals surface area contributed by atoms with Crippen LogP contribution in [0.1, 0.15) is 16.1 Å². The van der Waals surface area contributed by atoms with Crippen LogP contribution in [0.2, 0.25) is 5.02 Å². The average molecular weight is 332 g/mol. The Morgan fingerprint density at radius 3 is 2.91 bits per heavy atom. The van der Waals surface area contributed by atoms with E-state index in [1.165, 1.54) is 6.20 Å². The zero-order chi connectivity index (χ0) is 16.1. The molecule has 1 aromatic carbocycles. The maximum atomic E-state index is 13.3. The predicted molar refractivity (Wildman–Crippen MR) is 71.9 cm³/mol. The highest BCUT2D eigenvalue weighted by Crippen LogP contribution is 2.32. The van der Waals surface area contributed by atoms with Gasteiger partial charge in [-0.15, -0.1) is 0 Å². The third-order valence-electron chi connectivity index (χ3n) is 3.29. The van der Waals surface area contributed by atoms with Gasteiger partial charge in [-0.3, -0.25) is 9.48 Å². The van der Waals surface area contributed by atoms with E-state index in [-0.39, 0.29) is 22.0 Å². The molecule has 116 valence electrons. The Hall–Kier alpha value is -2.22. The number of carbonyl (C=O) groups excluding carboxylic acids is 1. The minimum atomic E-state index is -2.94. The highest BCUT2D eigenvalue weighted by atomic mass is 35.5. The first-order valence-corrected chi connectivity index (χ1v) is 6.56. The molecular formula is C13H9ClF3N3O2. The summed E-state index contributed by atoms with van der Waals surface area (Å²) in [6, 6.07) is 1.77. The number of nitrogens with one attached hydrogen (secondary N) is 1. The van der Waals surface area contributed by atoms with Gasteiger partial charge in [0, 0.05) is 12.1 Å². The number of hydrogen-bond acceptors (Lipinski definition) is 3. The number of phenols is 1. The second-order valence-electron chi connectivity index (χ2n) is 4.93. The molecule has 0 radical (unpaired) electrons. The summed E-state index contributed by atoms with van der Waals surface area (Å²) in [6.45, 7) is -0.579. The van der Waals surface area contributed by atoms with Crippen LogP contribution in [0, 0.1) is 5.82 Å². The number of aromatic hydroxyl groups is 1. The third-order valence-corrected chi connectivity index (χ3v) is 3.60. The van der Waals surface area contributed by atoms with Crippen molar-refractivity contribution in [3.63, 3.8) is 0 Å². The Balaban J connectivity index is 1.87. The molecule has 0 atom stereocenters. The van der Waals surface area contributed by atoms with Crippen LogP contribution in [0.3, 0.4) is 0 Å². The number of fused-ring (bicyclic) bond motifs is 1. The van der Waals surface area contributed by atoms with Crippen molar-refractivity contribution in [2.45, 2.75) is 18.9 Å². The number of carbonyl (C=O) groups is 1. The lowest BCUT2D eigenvalue weighted by atomic mass is 10.1. The molecule has 1 aliphatic rings. The molecule has 0 saturated carbocycles. The summed E-state index contributed by atoms with van der Waals surface area (Å²) in [6.07, 6.45) is 0.581. The maximum absolute atomic E-state index is 13.3.